The van der Waals surface area contributed by atoms with Gasteiger partial charge in [-0.25, -0.2) is 0 Å². The fraction of sp³-hybridized carbons (Fsp3) is 0.941. The summed E-state index contributed by atoms with van der Waals surface area (Å²) in [6.45, 7) is 2.06. The van der Waals surface area contributed by atoms with E-state index in [-0.39, 0.29) is 0 Å². The lowest BCUT2D eigenvalue weighted by Gasteiger charge is -2.54. The molecule has 0 aromatic heterocycles. The zero-order valence-corrected chi connectivity index (χ0v) is 12.3. The summed E-state index contributed by atoms with van der Waals surface area (Å²) in [4.78, 5) is 15.1. The van der Waals surface area contributed by atoms with Crippen LogP contribution in [-0.4, -0.2) is 35.6 Å². The molecule has 5 aliphatic rings. The maximum atomic E-state index is 12.9. The van der Waals surface area contributed by atoms with E-state index in [4.69, 9.17) is 0 Å². The molecule has 1 aliphatic heterocycles. The molecule has 4 saturated carbocycles. The van der Waals surface area contributed by atoms with Crippen molar-refractivity contribution in [2.45, 2.75) is 44.9 Å². The normalized spacial score (nSPS) is 44.0. The monoisotopic (exact) mass is 277 g/mol. The molecule has 0 unspecified atom stereocenters. The molecule has 0 spiro atoms. The highest BCUT2D eigenvalue weighted by Gasteiger charge is 2.51. The van der Waals surface area contributed by atoms with Crippen LogP contribution in [0.2, 0.25) is 0 Å². The van der Waals surface area contributed by atoms with Gasteiger partial charge in [0.1, 0.15) is 0 Å². The number of aliphatic hydroxyl groups is 1. The van der Waals surface area contributed by atoms with Gasteiger partial charge in [-0.05, 0) is 74.5 Å². The summed E-state index contributed by atoms with van der Waals surface area (Å²) in [5.74, 6) is 4.55. The van der Waals surface area contributed by atoms with Crippen LogP contribution in [0.25, 0.3) is 0 Å². The SMILES string of the molecule is O=C(C1C2CC3CC(C2)CC1C3)N1CCC(CO)CC1. The third kappa shape index (κ3) is 2.09. The van der Waals surface area contributed by atoms with Gasteiger partial charge >= 0.3 is 0 Å². The van der Waals surface area contributed by atoms with Gasteiger partial charge in [0.2, 0.25) is 5.91 Å². The molecule has 20 heavy (non-hydrogen) atoms. The fourth-order valence-corrected chi connectivity index (χ4v) is 5.88. The van der Waals surface area contributed by atoms with E-state index < -0.39 is 0 Å². The Morgan fingerprint density at radius 1 is 0.950 bits per heavy atom. The first-order chi connectivity index (χ1) is 9.74. The molecule has 1 heterocycles. The first kappa shape index (κ1) is 13.1. The zero-order valence-electron chi connectivity index (χ0n) is 12.3. The average Bonchev–Trinajstić information content (AvgIpc) is 2.46. The number of hydrogen-bond acceptors (Lipinski definition) is 2. The molecule has 0 atom stereocenters. The topological polar surface area (TPSA) is 40.5 Å². The molecule has 112 valence electrons. The molecular weight excluding hydrogens is 250 g/mol. The quantitative estimate of drug-likeness (QED) is 0.841. The van der Waals surface area contributed by atoms with Crippen molar-refractivity contribution in [1.82, 2.24) is 4.90 Å². The second kappa shape index (κ2) is 5.01. The summed E-state index contributed by atoms with van der Waals surface area (Å²) in [7, 11) is 0. The predicted molar refractivity (Wildman–Crippen MR) is 76.9 cm³/mol. The minimum Gasteiger partial charge on any atom is -0.396 e. The van der Waals surface area contributed by atoms with Gasteiger partial charge in [0.25, 0.3) is 0 Å². The number of carbonyl (C=O) groups is 1. The lowest BCUT2D eigenvalue weighted by Crippen LogP contribution is -2.53. The zero-order chi connectivity index (χ0) is 13.7. The minimum absolute atomic E-state index is 0.292. The largest absolute Gasteiger partial charge is 0.396 e. The Balaban J connectivity index is 1.44. The Bertz CT molecular complexity index is 358. The molecule has 0 aromatic rings. The van der Waals surface area contributed by atoms with Crippen molar-refractivity contribution in [2.75, 3.05) is 19.7 Å². The van der Waals surface area contributed by atoms with E-state index in [9.17, 15) is 9.90 Å². The summed E-state index contributed by atoms with van der Waals surface area (Å²) in [5, 5.41) is 9.23. The lowest BCUT2D eigenvalue weighted by molar-refractivity contribution is -0.150. The predicted octanol–water partition coefficient (Wildman–Crippen LogP) is 2.29. The van der Waals surface area contributed by atoms with E-state index in [1.165, 1.54) is 32.1 Å². The van der Waals surface area contributed by atoms with Crippen molar-refractivity contribution in [3.05, 3.63) is 0 Å². The van der Waals surface area contributed by atoms with Crippen LogP contribution in [0, 0.1) is 35.5 Å². The molecule has 3 heteroatoms. The summed E-state index contributed by atoms with van der Waals surface area (Å²) >= 11 is 0. The van der Waals surface area contributed by atoms with E-state index in [0.29, 0.717) is 36.2 Å². The highest BCUT2D eigenvalue weighted by Crippen LogP contribution is 2.56. The molecule has 5 fully saturated rings. The van der Waals surface area contributed by atoms with E-state index in [1.807, 2.05) is 0 Å². The van der Waals surface area contributed by atoms with Crippen LogP contribution in [0.3, 0.4) is 0 Å². The van der Waals surface area contributed by atoms with Gasteiger partial charge in [0.15, 0.2) is 0 Å². The number of piperidine rings is 1. The average molecular weight is 277 g/mol. The van der Waals surface area contributed by atoms with Crippen LogP contribution in [0.1, 0.15) is 44.9 Å². The summed E-state index contributed by atoms with van der Waals surface area (Å²) in [5.41, 5.74) is 0. The Labute approximate surface area is 121 Å². The van der Waals surface area contributed by atoms with Crippen molar-refractivity contribution >= 4 is 5.91 Å². The number of rotatable bonds is 2. The van der Waals surface area contributed by atoms with Crippen LogP contribution in [0.4, 0.5) is 0 Å². The van der Waals surface area contributed by atoms with Crippen molar-refractivity contribution < 1.29 is 9.90 Å². The molecule has 3 nitrogen and oxygen atoms in total. The van der Waals surface area contributed by atoms with Crippen LogP contribution in [-0.2, 0) is 4.79 Å². The van der Waals surface area contributed by atoms with Crippen LogP contribution < -0.4 is 0 Å². The molecule has 0 radical (unpaired) electrons. The van der Waals surface area contributed by atoms with Crippen LogP contribution >= 0.6 is 0 Å². The van der Waals surface area contributed by atoms with Gasteiger partial charge in [-0.2, -0.15) is 0 Å². The second-order valence-electron chi connectivity index (χ2n) is 7.91. The van der Waals surface area contributed by atoms with Crippen LogP contribution in [0.5, 0.6) is 0 Å². The number of carbonyl (C=O) groups excluding carboxylic acids is 1. The van der Waals surface area contributed by atoms with Gasteiger partial charge in [-0.3, -0.25) is 4.79 Å². The fourth-order valence-electron chi connectivity index (χ4n) is 5.88. The van der Waals surface area contributed by atoms with Gasteiger partial charge < -0.3 is 10.0 Å². The third-order valence-electron chi connectivity index (χ3n) is 6.70. The molecule has 1 N–H and O–H groups in total. The number of hydrogen-bond donors (Lipinski definition) is 1. The molecular formula is C17H27NO2. The van der Waals surface area contributed by atoms with E-state index in [0.717, 1.165) is 37.8 Å². The van der Waals surface area contributed by atoms with Gasteiger partial charge in [0, 0.05) is 25.6 Å². The summed E-state index contributed by atoms with van der Waals surface area (Å²) < 4.78 is 0. The number of amides is 1. The second-order valence-corrected chi connectivity index (χ2v) is 7.91. The summed E-state index contributed by atoms with van der Waals surface area (Å²) in [6.07, 6.45) is 8.76. The summed E-state index contributed by atoms with van der Waals surface area (Å²) in [6, 6.07) is 0. The smallest absolute Gasteiger partial charge is 0.226 e. The van der Waals surface area contributed by atoms with Gasteiger partial charge in [0.05, 0.1) is 0 Å². The Morgan fingerprint density at radius 2 is 1.50 bits per heavy atom. The van der Waals surface area contributed by atoms with Crippen molar-refractivity contribution in [3.63, 3.8) is 0 Å². The van der Waals surface area contributed by atoms with E-state index in [1.54, 1.807) is 0 Å². The molecule has 0 aromatic carbocycles. The number of nitrogens with zero attached hydrogens (tertiary/aromatic N) is 1. The first-order valence-corrected chi connectivity index (χ1v) is 8.64. The maximum Gasteiger partial charge on any atom is 0.226 e. The standard InChI is InChI=1S/C17H27NO2/c19-10-11-1-3-18(4-2-11)17(20)16-14-6-12-5-13(8-14)9-15(16)7-12/h11-16,19H,1-10H2. The molecule has 4 bridgehead atoms. The van der Waals surface area contributed by atoms with E-state index in [2.05, 4.69) is 4.90 Å². The van der Waals surface area contributed by atoms with Crippen molar-refractivity contribution in [1.29, 1.82) is 0 Å². The first-order valence-electron chi connectivity index (χ1n) is 8.64. The molecule has 5 rings (SSSR count). The molecule has 4 aliphatic carbocycles. The van der Waals surface area contributed by atoms with Crippen LogP contribution in [0.15, 0.2) is 0 Å². The third-order valence-corrected chi connectivity index (χ3v) is 6.70. The minimum atomic E-state index is 0.292. The van der Waals surface area contributed by atoms with Gasteiger partial charge in [-0.15, -0.1) is 0 Å². The Kier molecular flexibility index (Phi) is 3.29. The van der Waals surface area contributed by atoms with Crippen molar-refractivity contribution in [2.24, 2.45) is 35.5 Å². The van der Waals surface area contributed by atoms with Gasteiger partial charge in [-0.1, -0.05) is 0 Å². The highest BCUT2D eigenvalue weighted by atomic mass is 16.3. The van der Waals surface area contributed by atoms with E-state index >= 15 is 0 Å². The number of aliphatic hydroxyl groups excluding tert-OH is 1. The Hall–Kier alpha value is -0.570. The highest BCUT2D eigenvalue weighted by molar-refractivity contribution is 5.80. The molecule has 1 saturated heterocycles. The lowest BCUT2D eigenvalue weighted by atomic mass is 9.51. The molecule has 1 amide bonds. The Morgan fingerprint density at radius 3 is 2.00 bits per heavy atom. The van der Waals surface area contributed by atoms with Crippen molar-refractivity contribution in [3.8, 4) is 0 Å². The number of likely N-dealkylation sites (tertiary alicyclic amines) is 1. The maximum absolute atomic E-state index is 12.9.